The zero-order valence-corrected chi connectivity index (χ0v) is 16.4. The number of carbonyl (C=O) groups is 2. The first-order valence-electron chi connectivity index (χ1n) is 9.96. The fraction of sp³-hybridized carbons (Fsp3) is 0.895. The molecule has 0 aromatic rings. The zero-order chi connectivity index (χ0) is 17.2. The number of hydrogen-bond donors (Lipinski definition) is 1. The molecule has 0 atom stereocenters. The monoisotopic (exact) mass is 373 g/mol. The van der Waals surface area contributed by atoms with Gasteiger partial charge < -0.3 is 15.5 Å². The van der Waals surface area contributed by atoms with Crippen molar-refractivity contribution in [2.75, 3.05) is 32.7 Å². The Morgan fingerprint density at radius 1 is 0.800 bits per heavy atom. The topological polar surface area (TPSA) is 66.6 Å². The van der Waals surface area contributed by atoms with Crippen molar-refractivity contribution in [2.24, 2.45) is 11.7 Å². The van der Waals surface area contributed by atoms with Gasteiger partial charge >= 0.3 is 0 Å². The van der Waals surface area contributed by atoms with E-state index in [-0.39, 0.29) is 24.2 Å². The van der Waals surface area contributed by atoms with Crippen LogP contribution in [-0.2, 0) is 9.59 Å². The van der Waals surface area contributed by atoms with Crippen molar-refractivity contribution in [3.63, 3.8) is 0 Å². The van der Waals surface area contributed by atoms with Gasteiger partial charge in [-0.15, -0.1) is 12.4 Å². The number of hydrogen-bond acceptors (Lipinski definition) is 3. The van der Waals surface area contributed by atoms with Crippen molar-refractivity contribution in [2.45, 2.75) is 70.6 Å². The Bertz CT molecular complexity index is 392. The van der Waals surface area contributed by atoms with Crippen molar-refractivity contribution in [3.8, 4) is 0 Å². The number of rotatable bonds is 9. The summed E-state index contributed by atoms with van der Waals surface area (Å²) in [6.07, 6.45) is 11.9. The summed E-state index contributed by atoms with van der Waals surface area (Å²) in [6, 6.07) is 0. The number of amides is 2. The molecule has 0 spiro atoms. The Kier molecular flexibility index (Phi) is 11.1. The van der Waals surface area contributed by atoms with E-state index in [2.05, 4.69) is 0 Å². The van der Waals surface area contributed by atoms with E-state index in [9.17, 15) is 9.59 Å². The third kappa shape index (κ3) is 7.95. The predicted molar refractivity (Wildman–Crippen MR) is 104 cm³/mol. The number of nitrogens with two attached hydrogens (primary N) is 1. The molecular formula is C19H36ClN3O2. The Labute approximate surface area is 159 Å². The van der Waals surface area contributed by atoms with Crippen LogP contribution in [0.25, 0.3) is 0 Å². The first kappa shape index (κ1) is 22.2. The van der Waals surface area contributed by atoms with Gasteiger partial charge in [-0.25, -0.2) is 0 Å². The van der Waals surface area contributed by atoms with Gasteiger partial charge in [-0.1, -0.05) is 38.5 Å². The molecule has 2 rings (SSSR count). The van der Waals surface area contributed by atoms with Crippen LogP contribution >= 0.6 is 12.4 Å². The van der Waals surface area contributed by atoms with E-state index in [4.69, 9.17) is 5.73 Å². The van der Waals surface area contributed by atoms with Crippen molar-refractivity contribution in [3.05, 3.63) is 0 Å². The van der Waals surface area contributed by atoms with Crippen LogP contribution in [0.5, 0.6) is 0 Å². The molecule has 25 heavy (non-hydrogen) atoms. The van der Waals surface area contributed by atoms with E-state index >= 15 is 0 Å². The van der Waals surface area contributed by atoms with E-state index in [0.29, 0.717) is 39.0 Å². The van der Waals surface area contributed by atoms with Gasteiger partial charge in [0.2, 0.25) is 11.8 Å². The summed E-state index contributed by atoms with van der Waals surface area (Å²) < 4.78 is 0. The summed E-state index contributed by atoms with van der Waals surface area (Å²) in [5.41, 5.74) is 5.47. The molecule has 1 aliphatic carbocycles. The molecule has 0 aromatic heterocycles. The minimum Gasteiger partial charge on any atom is -0.339 e. The Morgan fingerprint density at radius 2 is 1.32 bits per heavy atom. The summed E-state index contributed by atoms with van der Waals surface area (Å²) in [7, 11) is 0. The summed E-state index contributed by atoms with van der Waals surface area (Å²) in [5, 5.41) is 0. The van der Waals surface area contributed by atoms with Gasteiger partial charge in [0.15, 0.2) is 0 Å². The van der Waals surface area contributed by atoms with Crippen LogP contribution in [0.1, 0.15) is 70.6 Å². The quantitative estimate of drug-likeness (QED) is 0.632. The highest BCUT2D eigenvalue weighted by Crippen LogP contribution is 2.28. The van der Waals surface area contributed by atoms with Crippen molar-refractivity contribution in [1.29, 1.82) is 0 Å². The molecule has 1 heterocycles. The van der Waals surface area contributed by atoms with Crippen molar-refractivity contribution in [1.82, 2.24) is 9.80 Å². The maximum atomic E-state index is 12.3. The smallest absolute Gasteiger partial charge is 0.222 e. The molecule has 2 amide bonds. The number of nitrogens with zero attached hydrogens (tertiary/aromatic N) is 2. The minimum absolute atomic E-state index is 0. The number of carbonyl (C=O) groups excluding carboxylic acids is 2. The maximum Gasteiger partial charge on any atom is 0.222 e. The van der Waals surface area contributed by atoms with Crippen LogP contribution in [0, 0.1) is 5.92 Å². The molecule has 6 heteroatoms. The van der Waals surface area contributed by atoms with Crippen LogP contribution in [0.2, 0.25) is 0 Å². The largest absolute Gasteiger partial charge is 0.339 e. The zero-order valence-electron chi connectivity index (χ0n) is 15.6. The molecule has 5 nitrogen and oxygen atoms in total. The summed E-state index contributed by atoms with van der Waals surface area (Å²) in [4.78, 5) is 28.4. The number of unbranched alkanes of at least 4 members (excludes halogenated alkanes) is 3. The van der Waals surface area contributed by atoms with Gasteiger partial charge in [-0.3, -0.25) is 9.59 Å². The second kappa shape index (κ2) is 12.5. The molecule has 1 saturated heterocycles. The van der Waals surface area contributed by atoms with Crippen molar-refractivity contribution >= 4 is 24.2 Å². The third-order valence-corrected chi connectivity index (χ3v) is 5.57. The Balaban J connectivity index is 0.00000312. The second-order valence-electron chi connectivity index (χ2n) is 7.40. The highest BCUT2D eigenvalue weighted by molar-refractivity contribution is 5.85. The molecule has 0 aromatic carbocycles. The maximum absolute atomic E-state index is 12.3. The highest BCUT2D eigenvalue weighted by atomic mass is 35.5. The van der Waals surface area contributed by atoms with Crippen molar-refractivity contribution < 1.29 is 9.59 Å². The van der Waals surface area contributed by atoms with Gasteiger partial charge in [-0.05, 0) is 31.7 Å². The van der Waals surface area contributed by atoms with Crippen LogP contribution in [0.15, 0.2) is 0 Å². The fourth-order valence-corrected chi connectivity index (χ4v) is 3.92. The lowest BCUT2D eigenvalue weighted by Gasteiger charge is -2.35. The van der Waals surface area contributed by atoms with E-state index < -0.39 is 0 Å². The Morgan fingerprint density at radius 3 is 1.88 bits per heavy atom. The molecule has 1 aliphatic heterocycles. The summed E-state index contributed by atoms with van der Waals surface area (Å²) in [5.74, 6) is 1.31. The average molecular weight is 374 g/mol. The van der Waals surface area contributed by atoms with Crippen LogP contribution in [0.3, 0.4) is 0 Å². The highest BCUT2D eigenvalue weighted by Gasteiger charge is 2.24. The average Bonchev–Trinajstić information content (AvgIpc) is 3.13. The second-order valence-corrected chi connectivity index (χ2v) is 7.40. The lowest BCUT2D eigenvalue weighted by atomic mass is 10.0. The van der Waals surface area contributed by atoms with E-state index in [1.807, 2.05) is 9.80 Å². The standard InChI is InChI=1S/C19H35N3O2.ClH/c20-12-6-2-1-3-9-18(23)21-13-15-22(16-14-21)19(24)11-10-17-7-4-5-8-17;/h17H,1-16,20H2;1H. The van der Waals surface area contributed by atoms with Crippen LogP contribution in [0.4, 0.5) is 0 Å². The predicted octanol–water partition coefficient (Wildman–Crippen LogP) is 2.96. The van der Waals surface area contributed by atoms with Gasteiger partial charge in [-0.2, -0.15) is 0 Å². The van der Waals surface area contributed by atoms with E-state index in [1.165, 1.54) is 25.7 Å². The SMILES string of the molecule is Cl.NCCCCCCC(=O)N1CCN(C(=O)CCC2CCCC2)CC1. The molecule has 0 unspecified atom stereocenters. The van der Waals surface area contributed by atoms with Gasteiger partial charge in [0.25, 0.3) is 0 Å². The number of piperazine rings is 1. The first-order valence-corrected chi connectivity index (χ1v) is 9.96. The Hall–Kier alpha value is -0.810. The molecular weight excluding hydrogens is 338 g/mol. The fourth-order valence-electron chi connectivity index (χ4n) is 3.92. The van der Waals surface area contributed by atoms with Crippen LogP contribution in [-0.4, -0.2) is 54.3 Å². The summed E-state index contributed by atoms with van der Waals surface area (Å²) >= 11 is 0. The lowest BCUT2D eigenvalue weighted by molar-refractivity contribution is -0.139. The molecule has 1 saturated carbocycles. The van der Waals surface area contributed by atoms with Gasteiger partial charge in [0, 0.05) is 39.0 Å². The molecule has 2 N–H and O–H groups in total. The first-order chi connectivity index (χ1) is 11.7. The molecule has 2 fully saturated rings. The molecule has 146 valence electrons. The normalized spacial score (nSPS) is 18.3. The lowest BCUT2D eigenvalue weighted by Crippen LogP contribution is -2.50. The molecule has 0 bridgehead atoms. The molecule has 0 radical (unpaired) electrons. The van der Waals surface area contributed by atoms with E-state index in [0.717, 1.165) is 44.6 Å². The minimum atomic E-state index is 0. The van der Waals surface area contributed by atoms with E-state index in [1.54, 1.807) is 0 Å². The van der Waals surface area contributed by atoms with Gasteiger partial charge in [0.1, 0.15) is 0 Å². The van der Waals surface area contributed by atoms with Gasteiger partial charge in [0.05, 0.1) is 0 Å². The van der Waals surface area contributed by atoms with Crippen LogP contribution < -0.4 is 5.73 Å². The molecule has 2 aliphatic rings. The third-order valence-electron chi connectivity index (χ3n) is 5.57. The summed E-state index contributed by atoms with van der Waals surface area (Å²) in [6.45, 7) is 3.57. The number of halogens is 1.